The van der Waals surface area contributed by atoms with Gasteiger partial charge in [-0.3, -0.25) is 4.79 Å². The molecule has 0 aliphatic carbocycles. The molecule has 1 aromatic carbocycles. The van der Waals surface area contributed by atoms with Crippen molar-refractivity contribution in [1.82, 2.24) is 10.2 Å². The van der Waals surface area contributed by atoms with Gasteiger partial charge in [-0.25, -0.2) is 0 Å². The van der Waals surface area contributed by atoms with Gasteiger partial charge >= 0.3 is 0 Å². The fraction of sp³-hybridized carbons (Fsp3) is 0.308. The summed E-state index contributed by atoms with van der Waals surface area (Å²) < 4.78 is 5.08. The number of anilines is 1. The van der Waals surface area contributed by atoms with E-state index in [1.807, 2.05) is 13.8 Å². The predicted molar refractivity (Wildman–Crippen MR) is 71.2 cm³/mol. The maximum Gasteiger partial charge on any atom is 0.247 e. The van der Waals surface area contributed by atoms with Gasteiger partial charge in [0.05, 0.1) is 6.04 Å². The van der Waals surface area contributed by atoms with E-state index in [0.717, 1.165) is 5.56 Å². The number of nitrogens with two attached hydrogens (primary N) is 1. The molecule has 1 amide bonds. The Morgan fingerprint density at radius 3 is 2.53 bits per heavy atom. The number of nitrogens with zero attached hydrogens (tertiary/aromatic N) is 2. The summed E-state index contributed by atoms with van der Waals surface area (Å²) in [5, 5.41) is 10.2. The number of rotatable bonds is 4. The Balaban J connectivity index is 2.05. The van der Waals surface area contributed by atoms with Crippen LogP contribution in [-0.4, -0.2) is 22.1 Å². The van der Waals surface area contributed by atoms with Crippen LogP contribution in [0.1, 0.15) is 13.8 Å². The Morgan fingerprint density at radius 1 is 1.32 bits per heavy atom. The van der Waals surface area contributed by atoms with Gasteiger partial charge in [0.25, 0.3) is 0 Å². The van der Waals surface area contributed by atoms with E-state index in [1.54, 1.807) is 24.3 Å². The van der Waals surface area contributed by atoms with Gasteiger partial charge in [-0.15, -0.1) is 10.2 Å². The van der Waals surface area contributed by atoms with Gasteiger partial charge in [-0.05, 0) is 30.2 Å². The lowest BCUT2D eigenvalue weighted by atomic mass is 10.0. The molecular weight excluding hydrogens is 244 g/mol. The second kappa shape index (κ2) is 5.62. The standard InChI is InChI=1S/C13H16N4O2/c1-8(2)11(14)12(18)16-10-5-3-9(4-6-10)13-17-15-7-19-13/h3-8,11H,14H2,1-2H3,(H,16,18)/t11-/m0/s1. The van der Waals surface area contributed by atoms with E-state index >= 15 is 0 Å². The van der Waals surface area contributed by atoms with Gasteiger partial charge < -0.3 is 15.5 Å². The maximum atomic E-state index is 11.8. The first-order valence-electron chi connectivity index (χ1n) is 6.01. The number of hydrogen-bond donors (Lipinski definition) is 2. The van der Waals surface area contributed by atoms with Gasteiger partial charge in [-0.1, -0.05) is 13.8 Å². The summed E-state index contributed by atoms with van der Waals surface area (Å²) in [6, 6.07) is 6.61. The molecule has 0 bridgehead atoms. The third-order valence-electron chi connectivity index (χ3n) is 2.78. The van der Waals surface area contributed by atoms with Crippen molar-refractivity contribution < 1.29 is 9.21 Å². The topological polar surface area (TPSA) is 94.0 Å². The molecule has 0 spiro atoms. The number of amides is 1. The van der Waals surface area contributed by atoms with Gasteiger partial charge in [0.2, 0.25) is 18.2 Å². The van der Waals surface area contributed by atoms with Crippen LogP contribution < -0.4 is 11.1 Å². The van der Waals surface area contributed by atoms with Gasteiger partial charge in [0, 0.05) is 11.3 Å². The highest BCUT2D eigenvalue weighted by atomic mass is 16.4. The van der Waals surface area contributed by atoms with Crippen molar-refractivity contribution >= 4 is 11.6 Å². The van der Waals surface area contributed by atoms with Crippen molar-refractivity contribution in [3.05, 3.63) is 30.7 Å². The number of nitrogens with one attached hydrogen (secondary N) is 1. The quantitative estimate of drug-likeness (QED) is 0.871. The molecule has 0 aliphatic heterocycles. The SMILES string of the molecule is CC(C)[C@H](N)C(=O)Nc1ccc(-c2nnco2)cc1. The first-order valence-corrected chi connectivity index (χ1v) is 6.01. The van der Waals surface area contributed by atoms with Crippen LogP contribution in [-0.2, 0) is 4.79 Å². The maximum absolute atomic E-state index is 11.8. The Labute approximate surface area is 111 Å². The van der Waals surface area contributed by atoms with Gasteiger partial charge in [-0.2, -0.15) is 0 Å². The summed E-state index contributed by atoms with van der Waals surface area (Å²) in [5.41, 5.74) is 7.25. The molecule has 0 unspecified atom stereocenters. The van der Waals surface area contributed by atoms with E-state index < -0.39 is 6.04 Å². The fourth-order valence-electron chi connectivity index (χ4n) is 1.52. The second-order valence-electron chi connectivity index (χ2n) is 4.58. The second-order valence-corrected chi connectivity index (χ2v) is 4.58. The summed E-state index contributed by atoms with van der Waals surface area (Å²) in [7, 11) is 0. The van der Waals surface area contributed by atoms with Crippen molar-refractivity contribution in [2.24, 2.45) is 11.7 Å². The van der Waals surface area contributed by atoms with Crippen molar-refractivity contribution in [1.29, 1.82) is 0 Å². The molecule has 1 aromatic heterocycles. The van der Waals surface area contributed by atoms with Crippen LogP contribution in [0, 0.1) is 5.92 Å². The number of carbonyl (C=O) groups excluding carboxylic acids is 1. The van der Waals surface area contributed by atoms with Crippen LogP contribution in [0.25, 0.3) is 11.5 Å². The highest BCUT2D eigenvalue weighted by molar-refractivity contribution is 5.94. The van der Waals surface area contributed by atoms with E-state index in [0.29, 0.717) is 11.6 Å². The lowest BCUT2D eigenvalue weighted by molar-refractivity contribution is -0.118. The Morgan fingerprint density at radius 2 is 2.00 bits per heavy atom. The minimum Gasteiger partial charge on any atom is -0.423 e. The molecule has 19 heavy (non-hydrogen) atoms. The van der Waals surface area contributed by atoms with Crippen LogP contribution in [0.4, 0.5) is 5.69 Å². The summed E-state index contributed by atoms with van der Waals surface area (Å²) in [6.07, 6.45) is 1.27. The van der Waals surface area contributed by atoms with Crippen LogP contribution >= 0.6 is 0 Å². The average Bonchev–Trinajstić information content (AvgIpc) is 2.92. The molecule has 0 radical (unpaired) electrons. The number of benzene rings is 1. The van der Waals surface area contributed by atoms with Crippen LogP contribution in [0.5, 0.6) is 0 Å². The molecule has 1 atom stereocenters. The zero-order chi connectivity index (χ0) is 13.8. The molecular formula is C13H16N4O2. The van der Waals surface area contributed by atoms with Crippen molar-refractivity contribution in [3.63, 3.8) is 0 Å². The van der Waals surface area contributed by atoms with Crippen molar-refractivity contribution in [2.45, 2.75) is 19.9 Å². The van der Waals surface area contributed by atoms with E-state index in [-0.39, 0.29) is 11.8 Å². The molecule has 0 saturated heterocycles. The molecule has 2 rings (SSSR count). The zero-order valence-electron chi connectivity index (χ0n) is 10.8. The number of aromatic nitrogens is 2. The summed E-state index contributed by atoms with van der Waals surface area (Å²) in [4.78, 5) is 11.8. The molecule has 100 valence electrons. The van der Waals surface area contributed by atoms with Gasteiger partial charge in [0.15, 0.2) is 0 Å². The third kappa shape index (κ3) is 3.17. The summed E-state index contributed by atoms with van der Waals surface area (Å²) >= 11 is 0. The Bertz CT molecular complexity index is 534. The van der Waals surface area contributed by atoms with Crippen LogP contribution in [0.2, 0.25) is 0 Å². The minimum absolute atomic E-state index is 0.0951. The highest BCUT2D eigenvalue weighted by Gasteiger charge is 2.17. The van der Waals surface area contributed by atoms with E-state index in [9.17, 15) is 4.79 Å². The summed E-state index contributed by atoms with van der Waals surface area (Å²) in [6.45, 7) is 3.81. The predicted octanol–water partition coefficient (Wildman–Crippen LogP) is 1.66. The molecule has 0 aliphatic rings. The average molecular weight is 260 g/mol. The largest absolute Gasteiger partial charge is 0.423 e. The Kier molecular flexibility index (Phi) is 3.91. The van der Waals surface area contributed by atoms with Crippen molar-refractivity contribution in [3.8, 4) is 11.5 Å². The Hall–Kier alpha value is -2.21. The minimum atomic E-state index is -0.518. The van der Waals surface area contributed by atoms with Gasteiger partial charge in [0.1, 0.15) is 0 Å². The van der Waals surface area contributed by atoms with E-state index in [1.165, 1.54) is 6.39 Å². The first-order chi connectivity index (χ1) is 9.08. The molecule has 0 saturated carbocycles. The van der Waals surface area contributed by atoms with E-state index in [2.05, 4.69) is 15.5 Å². The normalized spacial score (nSPS) is 12.4. The molecule has 2 aromatic rings. The first kappa shape index (κ1) is 13.2. The fourth-order valence-corrected chi connectivity index (χ4v) is 1.52. The zero-order valence-corrected chi connectivity index (χ0v) is 10.8. The third-order valence-corrected chi connectivity index (χ3v) is 2.78. The van der Waals surface area contributed by atoms with Crippen LogP contribution in [0.3, 0.4) is 0 Å². The lowest BCUT2D eigenvalue weighted by Crippen LogP contribution is -2.39. The van der Waals surface area contributed by atoms with Crippen molar-refractivity contribution in [2.75, 3.05) is 5.32 Å². The number of hydrogen-bond acceptors (Lipinski definition) is 5. The molecule has 6 heteroatoms. The van der Waals surface area contributed by atoms with Crippen LogP contribution in [0.15, 0.2) is 35.1 Å². The summed E-state index contributed by atoms with van der Waals surface area (Å²) in [5.74, 6) is 0.343. The van der Waals surface area contributed by atoms with E-state index in [4.69, 9.17) is 10.2 Å². The molecule has 0 fully saturated rings. The molecule has 6 nitrogen and oxygen atoms in total. The highest BCUT2D eigenvalue weighted by Crippen LogP contribution is 2.19. The number of carbonyl (C=O) groups is 1. The smallest absolute Gasteiger partial charge is 0.247 e. The molecule has 1 heterocycles. The lowest BCUT2D eigenvalue weighted by Gasteiger charge is -2.15. The molecule has 3 N–H and O–H groups in total. The monoisotopic (exact) mass is 260 g/mol.